The Kier molecular flexibility index (Phi) is 21.5. The molecule has 0 aliphatic carbocycles. The third-order valence-corrected chi connectivity index (χ3v) is 16.6. The molecule has 0 saturated heterocycles. The summed E-state index contributed by atoms with van der Waals surface area (Å²) in [6.45, 7) is 7.44. The first-order valence-electron chi connectivity index (χ1n) is 33.1. The molecule has 1 unspecified atom stereocenters. The first-order valence-corrected chi connectivity index (χ1v) is 33.1. The molecule has 0 fully saturated rings. The molecule has 0 bridgehead atoms. The molecule has 98 heavy (non-hydrogen) atoms. The van der Waals surface area contributed by atoms with E-state index in [4.69, 9.17) is 47.4 Å². The normalized spacial score (nSPS) is 12.8. The predicted octanol–water partition coefficient (Wildman–Crippen LogP) is 20.7. The van der Waals surface area contributed by atoms with E-state index in [1.165, 1.54) is 0 Å². The minimum atomic E-state index is -0.526. The number of hydrogen-bond acceptors (Lipinski definition) is 10. The standard InChI is InChI=1S/2C44H38O5/c2*1-32-24-40(46-29-34-16-8-3-9-17-34)38-27-43(48-31-36-20-12-5-13-21-36)44(49-41(38)25-32)37-22-23-39(45-28-33-14-6-2-7-15-33)42(26-37)47-30-35-18-10-4-11-19-35/h2-26H,27-31H2,1H3;2-27,44H,28-31H2,1H3. The van der Waals surface area contributed by atoms with E-state index >= 15 is 0 Å². The summed E-state index contributed by atoms with van der Waals surface area (Å²) in [6, 6.07) is 101. The molecular weight excluding hydrogens is 1220 g/mol. The van der Waals surface area contributed by atoms with Crippen LogP contribution in [0.5, 0.6) is 46.0 Å². The van der Waals surface area contributed by atoms with Gasteiger partial charge in [0.05, 0.1) is 5.56 Å². The summed E-state index contributed by atoms with van der Waals surface area (Å²) < 4.78 is 64.9. The average Bonchev–Trinajstić information content (AvgIpc) is 0.784. The van der Waals surface area contributed by atoms with Gasteiger partial charge >= 0.3 is 0 Å². The lowest BCUT2D eigenvalue weighted by Gasteiger charge is -2.29. The van der Waals surface area contributed by atoms with Crippen LogP contribution in [0.1, 0.15) is 84.0 Å². The van der Waals surface area contributed by atoms with Crippen molar-refractivity contribution in [3.63, 3.8) is 0 Å². The average molecular weight is 1290 g/mol. The van der Waals surface area contributed by atoms with Gasteiger partial charge in [0.15, 0.2) is 34.9 Å². The first-order chi connectivity index (χ1) is 48.3. The number of ether oxygens (including phenoxy) is 10. The lowest BCUT2D eigenvalue weighted by molar-refractivity contribution is 0.106. The molecular formula is C88H76O10. The zero-order valence-corrected chi connectivity index (χ0v) is 55.0. The molecule has 12 aromatic rings. The van der Waals surface area contributed by atoms with E-state index < -0.39 is 6.10 Å². The Bertz CT molecular complexity index is 4590. The summed E-state index contributed by atoms with van der Waals surface area (Å²) in [5.74, 6) is 7.61. The first kappa shape index (κ1) is 64.8. The highest BCUT2D eigenvalue weighted by atomic mass is 16.5. The van der Waals surface area contributed by atoms with Crippen molar-refractivity contribution in [1.29, 1.82) is 0 Å². The number of benzene rings is 12. The van der Waals surface area contributed by atoms with Crippen LogP contribution >= 0.6 is 0 Å². The van der Waals surface area contributed by atoms with Crippen LogP contribution in [-0.2, 0) is 68.7 Å². The summed E-state index contributed by atoms with van der Waals surface area (Å²) in [7, 11) is 0. The van der Waals surface area contributed by atoms with Crippen molar-refractivity contribution < 1.29 is 47.4 Å². The van der Waals surface area contributed by atoms with Gasteiger partial charge in [-0.05, 0) is 130 Å². The van der Waals surface area contributed by atoms with Crippen molar-refractivity contribution in [2.75, 3.05) is 0 Å². The Morgan fingerprint density at radius 2 is 0.653 bits per heavy atom. The molecule has 0 amide bonds. The van der Waals surface area contributed by atoms with Gasteiger partial charge in [-0.15, -0.1) is 0 Å². The summed E-state index contributed by atoms with van der Waals surface area (Å²) in [5, 5.41) is 0. The van der Waals surface area contributed by atoms with Gasteiger partial charge in [-0.1, -0.05) is 249 Å². The molecule has 0 aromatic heterocycles. The Hall–Kier alpha value is -11.9. The maximum absolute atomic E-state index is 6.81. The van der Waals surface area contributed by atoms with Gasteiger partial charge in [0, 0.05) is 23.1 Å². The zero-order chi connectivity index (χ0) is 66.5. The molecule has 12 aromatic carbocycles. The van der Waals surface area contributed by atoms with Crippen molar-refractivity contribution >= 4 is 11.8 Å². The summed E-state index contributed by atoms with van der Waals surface area (Å²) >= 11 is 0. The third-order valence-electron chi connectivity index (χ3n) is 16.6. The van der Waals surface area contributed by atoms with E-state index in [2.05, 4.69) is 73.7 Å². The second kappa shape index (κ2) is 32.5. The third kappa shape index (κ3) is 17.5. The minimum absolute atomic E-state index is 0.392. The molecule has 488 valence electrons. The molecule has 10 nitrogen and oxygen atoms in total. The fourth-order valence-corrected chi connectivity index (χ4v) is 11.4. The Morgan fingerprint density at radius 3 is 1.09 bits per heavy atom. The van der Waals surface area contributed by atoms with E-state index in [0.29, 0.717) is 93.8 Å². The number of fused-ring (bicyclic) bond motifs is 2. The lowest BCUT2D eigenvalue weighted by Crippen LogP contribution is -2.18. The monoisotopic (exact) mass is 1290 g/mol. The van der Waals surface area contributed by atoms with Crippen molar-refractivity contribution in [2.45, 2.75) is 79.2 Å². The van der Waals surface area contributed by atoms with Gasteiger partial charge in [-0.2, -0.15) is 0 Å². The van der Waals surface area contributed by atoms with Crippen LogP contribution in [0.25, 0.3) is 11.8 Å². The smallest absolute Gasteiger partial charge is 0.181 e. The van der Waals surface area contributed by atoms with E-state index in [9.17, 15) is 0 Å². The fraction of sp³-hybridized carbons (Fsp3) is 0.136. The van der Waals surface area contributed by atoms with Crippen LogP contribution in [0.3, 0.4) is 0 Å². The van der Waals surface area contributed by atoms with E-state index in [1.54, 1.807) is 0 Å². The SMILES string of the molecule is Cc1cc(OCc2ccccc2)c2c(c1)OC(c1ccc(OCc3ccccc3)c(OCc3ccccc3)c1)=C(OCc1ccccc1)C2.Cc1cc(OCc2ccccc2)c2c(c1)OC(c1ccc(OCc3ccccc3)c(OCc3ccccc3)c1)C(OCc1ccccc1)=C2. The maximum Gasteiger partial charge on any atom is 0.181 e. The van der Waals surface area contributed by atoms with Gasteiger partial charge in [0.25, 0.3) is 0 Å². The van der Waals surface area contributed by atoms with Crippen LogP contribution in [0, 0.1) is 13.8 Å². The molecule has 0 radical (unpaired) electrons. The van der Waals surface area contributed by atoms with Crippen molar-refractivity contribution in [3.8, 4) is 46.0 Å². The number of rotatable bonds is 26. The Labute approximate surface area is 574 Å². The van der Waals surface area contributed by atoms with Gasteiger partial charge < -0.3 is 47.4 Å². The largest absolute Gasteiger partial charge is 0.489 e. The van der Waals surface area contributed by atoms with Crippen LogP contribution < -0.4 is 37.9 Å². The minimum Gasteiger partial charge on any atom is -0.489 e. The summed E-state index contributed by atoms with van der Waals surface area (Å²) in [5.41, 5.74) is 14.2. The molecule has 2 aliphatic rings. The quantitative estimate of drug-likeness (QED) is 0.0522. The Balaban J connectivity index is 0.000000176. The molecule has 2 aliphatic heterocycles. The van der Waals surface area contributed by atoms with Crippen molar-refractivity contribution in [3.05, 3.63) is 393 Å². The van der Waals surface area contributed by atoms with Crippen LogP contribution in [0.4, 0.5) is 0 Å². The Morgan fingerprint density at radius 1 is 0.306 bits per heavy atom. The predicted molar refractivity (Wildman–Crippen MR) is 385 cm³/mol. The number of allylic oxidation sites excluding steroid dienone is 1. The molecule has 1 atom stereocenters. The molecule has 14 rings (SSSR count). The highest BCUT2D eigenvalue weighted by Crippen LogP contribution is 2.46. The van der Waals surface area contributed by atoms with Crippen molar-refractivity contribution in [2.24, 2.45) is 0 Å². The van der Waals surface area contributed by atoms with E-state index in [-0.39, 0.29) is 0 Å². The molecule has 0 saturated carbocycles. The second-order valence-corrected chi connectivity index (χ2v) is 24.1. The summed E-state index contributed by atoms with van der Waals surface area (Å²) in [4.78, 5) is 0. The second-order valence-electron chi connectivity index (χ2n) is 24.1. The topological polar surface area (TPSA) is 92.3 Å². The number of aryl methyl sites for hydroxylation is 2. The maximum atomic E-state index is 6.81. The molecule has 10 heteroatoms. The van der Waals surface area contributed by atoms with Gasteiger partial charge in [0.2, 0.25) is 0 Å². The van der Waals surface area contributed by atoms with Crippen LogP contribution in [0.15, 0.2) is 315 Å². The fourth-order valence-electron chi connectivity index (χ4n) is 11.4. The molecule has 0 spiro atoms. The number of hydrogen-bond donors (Lipinski definition) is 0. The molecule has 0 N–H and O–H groups in total. The molecule has 2 heterocycles. The zero-order valence-electron chi connectivity index (χ0n) is 55.0. The highest BCUT2D eigenvalue weighted by molar-refractivity contribution is 5.72. The summed E-state index contributed by atoms with van der Waals surface area (Å²) in [6.07, 6.45) is 2.03. The van der Waals surface area contributed by atoms with Crippen LogP contribution in [-0.4, -0.2) is 0 Å². The van der Waals surface area contributed by atoms with Gasteiger partial charge in [0.1, 0.15) is 87.4 Å². The van der Waals surface area contributed by atoms with Gasteiger partial charge in [-0.3, -0.25) is 0 Å². The highest BCUT2D eigenvalue weighted by Gasteiger charge is 2.31. The van der Waals surface area contributed by atoms with Gasteiger partial charge in [-0.25, -0.2) is 0 Å². The van der Waals surface area contributed by atoms with Crippen molar-refractivity contribution in [1.82, 2.24) is 0 Å². The van der Waals surface area contributed by atoms with Crippen LogP contribution in [0.2, 0.25) is 0 Å². The van der Waals surface area contributed by atoms with E-state index in [0.717, 1.165) is 107 Å². The lowest BCUT2D eigenvalue weighted by atomic mass is 9.99. The van der Waals surface area contributed by atoms with E-state index in [1.807, 2.05) is 250 Å².